The molecule has 0 bridgehead atoms. The number of nitrogens with one attached hydrogen (secondary N) is 3. The van der Waals surface area contributed by atoms with Gasteiger partial charge < -0.3 is 5.32 Å². The molecule has 13 heteroatoms. The molecule has 1 amide bonds. The van der Waals surface area contributed by atoms with Gasteiger partial charge >= 0.3 is 0 Å². The van der Waals surface area contributed by atoms with Gasteiger partial charge in [-0.1, -0.05) is 18.2 Å². The Morgan fingerprint density at radius 3 is 2.35 bits per heavy atom. The average Bonchev–Trinajstić information content (AvgIpc) is 2.69. The third-order valence-electron chi connectivity index (χ3n) is 3.70. The van der Waals surface area contributed by atoms with Gasteiger partial charge in [-0.25, -0.2) is 21.6 Å². The molecule has 0 saturated carbocycles. The summed E-state index contributed by atoms with van der Waals surface area (Å²) < 4.78 is 51.2. The minimum atomic E-state index is -3.96. The number of sulfonamides is 2. The summed E-state index contributed by atoms with van der Waals surface area (Å²) in [6.45, 7) is -0.120. The number of nitrogens with zero attached hydrogens (tertiary/aromatic N) is 1. The van der Waals surface area contributed by atoms with Crippen molar-refractivity contribution in [1.29, 1.82) is 0 Å². The summed E-state index contributed by atoms with van der Waals surface area (Å²) in [6.07, 6.45) is 3.79. The van der Waals surface area contributed by atoms with Crippen molar-refractivity contribution in [2.75, 3.05) is 24.1 Å². The molecule has 2 aromatic carbocycles. The van der Waals surface area contributed by atoms with Crippen LogP contribution in [0, 0.1) is 10.1 Å². The fourth-order valence-electron chi connectivity index (χ4n) is 2.33. The lowest BCUT2D eigenvalue weighted by Crippen LogP contribution is -2.34. The number of benzene rings is 2. The van der Waals surface area contributed by atoms with Crippen molar-refractivity contribution >= 4 is 43.4 Å². The van der Waals surface area contributed by atoms with E-state index in [1.54, 1.807) is 24.3 Å². The Labute approximate surface area is 179 Å². The normalized spacial score (nSPS) is 11.9. The smallest absolute Gasteiger partial charge is 0.270 e. The van der Waals surface area contributed by atoms with Gasteiger partial charge in [0.1, 0.15) is 0 Å². The summed E-state index contributed by atoms with van der Waals surface area (Å²) >= 11 is 0. The zero-order valence-corrected chi connectivity index (χ0v) is 17.9. The van der Waals surface area contributed by atoms with Gasteiger partial charge in [0.25, 0.3) is 5.69 Å². The fraction of sp³-hybridized carbons (Fsp3) is 0.167. The minimum absolute atomic E-state index is 0.00541. The summed E-state index contributed by atoms with van der Waals surface area (Å²) in [4.78, 5) is 21.7. The summed E-state index contributed by atoms with van der Waals surface area (Å²) in [5.41, 5.74) is 0.696. The highest BCUT2D eigenvalue weighted by Gasteiger charge is 2.17. The second-order valence-electron chi connectivity index (χ2n) is 6.27. The van der Waals surface area contributed by atoms with Crippen LogP contribution in [0.5, 0.6) is 0 Å². The molecule has 2 rings (SSSR count). The van der Waals surface area contributed by atoms with E-state index in [1.165, 1.54) is 30.4 Å². The Hall–Kier alpha value is -3.29. The van der Waals surface area contributed by atoms with Crippen LogP contribution in [0.4, 0.5) is 11.4 Å². The molecular formula is C18H20N4O7S2. The zero-order chi connectivity index (χ0) is 23.1. The van der Waals surface area contributed by atoms with E-state index in [2.05, 4.69) is 14.8 Å². The number of amides is 1. The van der Waals surface area contributed by atoms with Crippen molar-refractivity contribution in [3.05, 3.63) is 70.3 Å². The highest BCUT2D eigenvalue weighted by molar-refractivity contribution is 7.92. The van der Waals surface area contributed by atoms with Crippen LogP contribution in [0.2, 0.25) is 0 Å². The Balaban J connectivity index is 1.82. The summed E-state index contributed by atoms with van der Waals surface area (Å²) in [6, 6.07) is 10.9. The van der Waals surface area contributed by atoms with Crippen LogP contribution in [0.25, 0.3) is 6.08 Å². The third-order valence-corrected chi connectivity index (χ3v) is 5.76. The van der Waals surface area contributed by atoms with E-state index in [-0.39, 0.29) is 23.7 Å². The maximum Gasteiger partial charge on any atom is 0.270 e. The fourth-order valence-corrected chi connectivity index (χ4v) is 3.96. The molecule has 0 aliphatic carbocycles. The molecule has 11 nitrogen and oxygen atoms in total. The molecule has 0 aliphatic heterocycles. The lowest BCUT2D eigenvalue weighted by atomic mass is 10.2. The number of rotatable bonds is 10. The summed E-state index contributed by atoms with van der Waals surface area (Å²) in [7, 11) is -7.33. The van der Waals surface area contributed by atoms with E-state index in [9.17, 15) is 31.7 Å². The highest BCUT2D eigenvalue weighted by atomic mass is 32.2. The van der Waals surface area contributed by atoms with Gasteiger partial charge in [0.2, 0.25) is 26.0 Å². The number of hydrogen-bond donors (Lipinski definition) is 3. The number of hydrogen-bond acceptors (Lipinski definition) is 7. The van der Waals surface area contributed by atoms with E-state index in [0.717, 1.165) is 12.3 Å². The average molecular weight is 469 g/mol. The van der Waals surface area contributed by atoms with Crippen molar-refractivity contribution in [3.8, 4) is 0 Å². The molecule has 0 spiro atoms. The first-order chi connectivity index (χ1) is 14.5. The molecule has 0 aliphatic rings. The Kier molecular flexibility index (Phi) is 7.85. The van der Waals surface area contributed by atoms with Crippen LogP contribution in [0.3, 0.4) is 0 Å². The molecule has 0 radical (unpaired) electrons. The number of anilines is 1. The lowest BCUT2D eigenvalue weighted by Gasteiger charge is -2.07. The maximum absolute atomic E-state index is 12.2. The van der Waals surface area contributed by atoms with Crippen LogP contribution in [-0.4, -0.2) is 47.0 Å². The van der Waals surface area contributed by atoms with E-state index < -0.39 is 30.9 Å². The lowest BCUT2D eigenvalue weighted by molar-refractivity contribution is -0.385. The SMILES string of the molecule is CS(=O)(=O)Nc1ccc(/C=C/C(=O)NCCNS(=O)(=O)c2cccc([N+](=O)[O-])c2)cc1. The molecule has 0 saturated heterocycles. The van der Waals surface area contributed by atoms with Gasteiger partial charge in [-0.3, -0.25) is 19.6 Å². The molecule has 0 aromatic heterocycles. The second kappa shape index (κ2) is 10.1. The second-order valence-corrected chi connectivity index (χ2v) is 9.79. The van der Waals surface area contributed by atoms with Crippen LogP contribution >= 0.6 is 0 Å². The Bertz CT molecular complexity index is 1190. The van der Waals surface area contributed by atoms with Gasteiger partial charge in [0.05, 0.1) is 16.1 Å². The monoisotopic (exact) mass is 468 g/mol. The third kappa shape index (κ3) is 8.16. The van der Waals surface area contributed by atoms with Crippen molar-refractivity contribution in [1.82, 2.24) is 10.0 Å². The van der Waals surface area contributed by atoms with Crippen molar-refractivity contribution in [2.24, 2.45) is 0 Å². The van der Waals surface area contributed by atoms with Crippen LogP contribution < -0.4 is 14.8 Å². The van der Waals surface area contributed by atoms with Gasteiger partial charge in [-0.05, 0) is 29.8 Å². The number of non-ortho nitro benzene ring substituents is 1. The van der Waals surface area contributed by atoms with Crippen molar-refractivity contribution in [2.45, 2.75) is 4.90 Å². The van der Waals surface area contributed by atoms with Gasteiger partial charge in [0.15, 0.2) is 0 Å². The molecule has 31 heavy (non-hydrogen) atoms. The molecule has 0 heterocycles. The molecule has 0 fully saturated rings. The van der Waals surface area contributed by atoms with Crippen LogP contribution in [0.1, 0.15) is 5.56 Å². The Morgan fingerprint density at radius 2 is 1.74 bits per heavy atom. The van der Waals surface area contributed by atoms with Crippen LogP contribution in [0.15, 0.2) is 59.5 Å². The van der Waals surface area contributed by atoms with Gasteiger partial charge in [0, 0.05) is 37.0 Å². The van der Waals surface area contributed by atoms with Crippen molar-refractivity contribution < 1.29 is 26.6 Å². The predicted molar refractivity (Wildman–Crippen MR) is 115 cm³/mol. The van der Waals surface area contributed by atoms with E-state index in [1.807, 2.05) is 0 Å². The number of carbonyl (C=O) groups is 1. The van der Waals surface area contributed by atoms with Crippen LogP contribution in [-0.2, 0) is 24.8 Å². The molecular weight excluding hydrogens is 448 g/mol. The first kappa shape index (κ1) is 24.0. The highest BCUT2D eigenvalue weighted by Crippen LogP contribution is 2.17. The van der Waals surface area contributed by atoms with E-state index in [0.29, 0.717) is 11.3 Å². The van der Waals surface area contributed by atoms with E-state index >= 15 is 0 Å². The largest absolute Gasteiger partial charge is 0.351 e. The number of carbonyl (C=O) groups excluding carboxylic acids is 1. The van der Waals surface area contributed by atoms with Crippen molar-refractivity contribution in [3.63, 3.8) is 0 Å². The first-order valence-electron chi connectivity index (χ1n) is 8.74. The topological polar surface area (TPSA) is 165 Å². The zero-order valence-electron chi connectivity index (χ0n) is 16.3. The minimum Gasteiger partial charge on any atom is -0.351 e. The molecule has 2 aromatic rings. The maximum atomic E-state index is 12.2. The summed E-state index contributed by atoms with van der Waals surface area (Å²) in [5.74, 6) is -0.465. The predicted octanol–water partition coefficient (Wildman–Crippen LogP) is 1.07. The summed E-state index contributed by atoms with van der Waals surface area (Å²) in [5, 5.41) is 13.3. The Morgan fingerprint density at radius 1 is 1.06 bits per heavy atom. The quantitative estimate of drug-likeness (QED) is 0.203. The number of nitro groups is 1. The van der Waals surface area contributed by atoms with Gasteiger partial charge in [-0.15, -0.1) is 0 Å². The standard InChI is InChI=1S/C18H20N4O7S2/c1-30(26,27)21-15-8-5-14(6-9-15)7-10-18(23)19-11-12-20-31(28,29)17-4-2-3-16(13-17)22(24)25/h2-10,13,20-21H,11-12H2,1H3,(H,19,23)/b10-7+. The van der Waals surface area contributed by atoms with E-state index in [4.69, 9.17) is 0 Å². The first-order valence-corrected chi connectivity index (χ1v) is 12.1. The molecule has 0 unspecified atom stereocenters. The molecule has 3 N–H and O–H groups in total. The number of nitro benzene ring substituents is 1. The molecule has 166 valence electrons. The van der Waals surface area contributed by atoms with Gasteiger partial charge in [-0.2, -0.15) is 0 Å². The molecule has 0 atom stereocenters.